The number of benzene rings is 1. The third-order valence-electron chi connectivity index (χ3n) is 5.34. The van der Waals surface area contributed by atoms with Crippen molar-refractivity contribution in [1.29, 1.82) is 0 Å². The van der Waals surface area contributed by atoms with Crippen LogP contribution in [0.1, 0.15) is 48.7 Å². The molecule has 6 nitrogen and oxygen atoms in total. The number of rotatable bonds is 9. The van der Waals surface area contributed by atoms with Crippen LogP contribution < -0.4 is 10.6 Å². The van der Waals surface area contributed by atoms with E-state index in [2.05, 4.69) is 72.5 Å². The number of aryl methyl sites for hydroxylation is 1. The first-order valence-corrected chi connectivity index (χ1v) is 12.3. The molecule has 178 valence electrons. The lowest BCUT2D eigenvalue weighted by molar-refractivity contribution is -0.0705. The molecule has 3 rings (SSSR count). The Morgan fingerprint density at radius 1 is 1.16 bits per heavy atom. The van der Waals surface area contributed by atoms with E-state index in [-0.39, 0.29) is 36.2 Å². The van der Waals surface area contributed by atoms with E-state index in [0.29, 0.717) is 6.54 Å². The molecule has 0 bridgehead atoms. The average molecular weight is 572 g/mol. The standard InChI is InChI=1S/C24H37N5OS.HI/c1-5-22-14-27-23(31-22)11-12-26-24(25-6-2)28-13-20-9-7-8-10-21(20)17-29-15-18(3)30-19(4)16-29;/h7-10,14,18-19H,5-6,11-13,15-17H2,1-4H3,(H2,25,26,28);1H. The fraction of sp³-hybridized carbons (Fsp3) is 0.583. The van der Waals surface area contributed by atoms with Crippen molar-refractivity contribution in [2.24, 2.45) is 4.99 Å². The highest BCUT2D eigenvalue weighted by Crippen LogP contribution is 2.18. The van der Waals surface area contributed by atoms with E-state index in [0.717, 1.165) is 51.5 Å². The molecule has 2 heterocycles. The molecule has 2 atom stereocenters. The molecule has 1 saturated heterocycles. The van der Waals surface area contributed by atoms with Crippen LogP contribution in [0.5, 0.6) is 0 Å². The molecule has 1 aromatic heterocycles. The van der Waals surface area contributed by atoms with Crippen LogP contribution in [0.15, 0.2) is 35.5 Å². The molecule has 1 aliphatic heterocycles. The lowest BCUT2D eigenvalue weighted by atomic mass is 10.1. The fourth-order valence-corrected chi connectivity index (χ4v) is 4.80. The summed E-state index contributed by atoms with van der Waals surface area (Å²) in [4.78, 5) is 13.2. The minimum Gasteiger partial charge on any atom is -0.373 e. The van der Waals surface area contributed by atoms with E-state index in [1.54, 1.807) is 11.3 Å². The van der Waals surface area contributed by atoms with Gasteiger partial charge in [-0.15, -0.1) is 35.3 Å². The van der Waals surface area contributed by atoms with E-state index in [9.17, 15) is 0 Å². The number of hydrogen-bond acceptors (Lipinski definition) is 5. The number of nitrogens with one attached hydrogen (secondary N) is 2. The molecule has 1 aromatic carbocycles. The lowest BCUT2D eigenvalue weighted by Gasteiger charge is -2.35. The van der Waals surface area contributed by atoms with Crippen molar-refractivity contribution in [1.82, 2.24) is 20.5 Å². The van der Waals surface area contributed by atoms with Crippen LogP contribution in [0, 0.1) is 0 Å². The minimum absolute atomic E-state index is 0. The molecule has 0 saturated carbocycles. The maximum Gasteiger partial charge on any atom is 0.191 e. The summed E-state index contributed by atoms with van der Waals surface area (Å²) in [5.74, 6) is 0.859. The number of nitrogens with zero attached hydrogens (tertiary/aromatic N) is 3. The molecule has 2 N–H and O–H groups in total. The Kier molecular flexibility index (Phi) is 11.9. The van der Waals surface area contributed by atoms with Gasteiger partial charge >= 0.3 is 0 Å². The Hall–Kier alpha value is -1.23. The summed E-state index contributed by atoms with van der Waals surface area (Å²) in [5.41, 5.74) is 2.62. The maximum absolute atomic E-state index is 5.88. The van der Waals surface area contributed by atoms with Crippen molar-refractivity contribution < 1.29 is 4.74 Å². The zero-order chi connectivity index (χ0) is 22.1. The number of guanidine groups is 1. The zero-order valence-corrected chi connectivity index (χ0v) is 22.9. The van der Waals surface area contributed by atoms with Gasteiger partial charge in [0.1, 0.15) is 0 Å². The van der Waals surface area contributed by atoms with Crippen LogP contribution in [0.3, 0.4) is 0 Å². The third kappa shape index (κ3) is 8.61. The van der Waals surface area contributed by atoms with Crippen LogP contribution in [0.25, 0.3) is 0 Å². The van der Waals surface area contributed by atoms with Crippen molar-refractivity contribution in [2.45, 2.75) is 65.8 Å². The summed E-state index contributed by atoms with van der Waals surface area (Å²) in [6.45, 7) is 13.8. The topological polar surface area (TPSA) is 61.8 Å². The SMILES string of the molecule is CCNC(=NCc1ccccc1CN1CC(C)OC(C)C1)NCCc1ncc(CC)s1.I. The molecule has 0 spiro atoms. The largest absolute Gasteiger partial charge is 0.373 e. The van der Waals surface area contributed by atoms with Gasteiger partial charge in [0.05, 0.1) is 23.8 Å². The molecule has 2 aromatic rings. The summed E-state index contributed by atoms with van der Waals surface area (Å²) in [7, 11) is 0. The summed E-state index contributed by atoms with van der Waals surface area (Å²) in [6.07, 6.45) is 4.52. The van der Waals surface area contributed by atoms with Crippen molar-refractivity contribution in [2.75, 3.05) is 26.2 Å². The van der Waals surface area contributed by atoms with Crippen LogP contribution in [0.4, 0.5) is 0 Å². The Balaban J connectivity index is 0.00000363. The van der Waals surface area contributed by atoms with Gasteiger partial charge in [-0.25, -0.2) is 9.98 Å². The summed E-state index contributed by atoms with van der Waals surface area (Å²) in [6, 6.07) is 8.65. The quantitative estimate of drug-likeness (QED) is 0.268. The summed E-state index contributed by atoms with van der Waals surface area (Å²) in [5, 5.41) is 8.00. The molecule has 32 heavy (non-hydrogen) atoms. The smallest absolute Gasteiger partial charge is 0.191 e. The normalized spacial score (nSPS) is 19.4. The monoisotopic (exact) mass is 571 g/mol. The van der Waals surface area contributed by atoms with E-state index in [1.807, 2.05) is 6.20 Å². The van der Waals surface area contributed by atoms with Gasteiger partial charge in [0.15, 0.2) is 5.96 Å². The predicted octanol–water partition coefficient (Wildman–Crippen LogP) is 4.23. The Labute approximate surface area is 214 Å². The molecule has 2 unspecified atom stereocenters. The fourth-order valence-electron chi connectivity index (χ4n) is 3.94. The van der Waals surface area contributed by atoms with Crippen molar-refractivity contribution >= 4 is 41.3 Å². The number of thiazole rings is 1. The molecule has 8 heteroatoms. The number of aliphatic imine (C=N–C) groups is 1. The van der Waals surface area contributed by atoms with Crippen LogP contribution >= 0.6 is 35.3 Å². The second kappa shape index (κ2) is 14.1. The number of hydrogen-bond donors (Lipinski definition) is 2. The molecule has 0 amide bonds. The van der Waals surface area contributed by atoms with Gasteiger partial charge < -0.3 is 15.4 Å². The second-order valence-corrected chi connectivity index (χ2v) is 9.37. The van der Waals surface area contributed by atoms with Gasteiger partial charge in [-0.1, -0.05) is 31.2 Å². The van der Waals surface area contributed by atoms with Crippen LogP contribution in [-0.4, -0.2) is 54.2 Å². The molecule has 1 aliphatic rings. The number of morpholine rings is 1. The first-order chi connectivity index (χ1) is 15.1. The van der Waals surface area contributed by atoms with E-state index in [4.69, 9.17) is 9.73 Å². The first kappa shape index (κ1) is 27.0. The van der Waals surface area contributed by atoms with Gasteiger partial charge in [-0.3, -0.25) is 4.90 Å². The molecule has 0 radical (unpaired) electrons. The highest BCUT2D eigenvalue weighted by molar-refractivity contribution is 14.0. The van der Waals surface area contributed by atoms with Crippen LogP contribution in [-0.2, 0) is 30.7 Å². The minimum atomic E-state index is 0. The molecular weight excluding hydrogens is 533 g/mol. The number of ether oxygens (including phenoxy) is 1. The van der Waals surface area contributed by atoms with Gasteiger partial charge in [-0.05, 0) is 38.3 Å². The highest BCUT2D eigenvalue weighted by atomic mass is 127. The maximum atomic E-state index is 5.88. The highest BCUT2D eigenvalue weighted by Gasteiger charge is 2.22. The molecular formula is C24H38IN5OS. The van der Waals surface area contributed by atoms with Gasteiger partial charge in [0.25, 0.3) is 0 Å². The summed E-state index contributed by atoms with van der Waals surface area (Å²) >= 11 is 1.80. The Morgan fingerprint density at radius 3 is 2.53 bits per heavy atom. The van der Waals surface area contributed by atoms with Crippen molar-refractivity contribution in [3.63, 3.8) is 0 Å². The van der Waals surface area contributed by atoms with Gasteiger partial charge in [0.2, 0.25) is 0 Å². The zero-order valence-electron chi connectivity index (χ0n) is 19.8. The Morgan fingerprint density at radius 2 is 1.88 bits per heavy atom. The lowest BCUT2D eigenvalue weighted by Crippen LogP contribution is -2.44. The first-order valence-electron chi connectivity index (χ1n) is 11.5. The van der Waals surface area contributed by atoms with Crippen LogP contribution in [0.2, 0.25) is 0 Å². The van der Waals surface area contributed by atoms with Gasteiger partial charge in [0, 0.05) is 50.2 Å². The molecule has 0 aliphatic carbocycles. The number of aromatic nitrogens is 1. The average Bonchev–Trinajstić information content (AvgIpc) is 3.20. The number of halogens is 1. The third-order valence-corrected chi connectivity index (χ3v) is 6.54. The summed E-state index contributed by atoms with van der Waals surface area (Å²) < 4.78 is 5.88. The van der Waals surface area contributed by atoms with Gasteiger partial charge in [-0.2, -0.15) is 0 Å². The van der Waals surface area contributed by atoms with E-state index in [1.165, 1.54) is 21.0 Å². The predicted molar refractivity (Wildman–Crippen MR) is 145 cm³/mol. The second-order valence-electron chi connectivity index (χ2n) is 8.17. The van der Waals surface area contributed by atoms with Crippen molar-refractivity contribution in [3.8, 4) is 0 Å². The molecule has 1 fully saturated rings. The van der Waals surface area contributed by atoms with E-state index < -0.39 is 0 Å². The van der Waals surface area contributed by atoms with Crippen molar-refractivity contribution in [3.05, 3.63) is 51.5 Å². The van der Waals surface area contributed by atoms with E-state index >= 15 is 0 Å². The Bertz CT molecular complexity index is 833.